The molecule has 0 spiro atoms. The van der Waals surface area contributed by atoms with Crippen LogP contribution in [0, 0.1) is 0 Å². The smallest absolute Gasteiger partial charge is 0.345 e. The highest BCUT2D eigenvalue weighted by Gasteiger charge is 2.44. The first-order valence-electron chi connectivity index (χ1n) is 13.9. The van der Waals surface area contributed by atoms with Gasteiger partial charge in [0, 0.05) is 58.6 Å². The molecule has 1 aliphatic carbocycles. The van der Waals surface area contributed by atoms with Gasteiger partial charge in [-0.3, -0.25) is 19.4 Å². The van der Waals surface area contributed by atoms with Crippen LogP contribution in [0.5, 0.6) is 0 Å². The molecule has 4 aromatic rings. The lowest BCUT2D eigenvalue weighted by Crippen LogP contribution is -2.49. The molecule has 228 valence electrons. The summed E-state index contributed by atoms with van der Waals surface area (Å²) in [6.45, 7) is -2.21. The van der Waals surface area contributed by atoms with Gasteiger partial charge in [0.1, 0.15) is 6.04 Å². The molecule has 2 aromatic heterocycles. The summed E-state index contributed by atoms with van der Waals surface area (Å²) in [6, 6.07) is 11.8. The van der Waals surface area contributed by atoms with Gasteiger partial charge >= 0.3 is 6.61 Å². The lowest BCUT2D eigenvalue weighted by molar-refractivity contribution is -0.160. The van der Waals surface area contributed by atoms with Crippen LogP contribution in [-0.4, -0.2) is 64.4 Å². The fourth-order valence-corrected chi connectivity index (χ4v) is 5.86. The molecule has 13 heteroatoms. The predicted octanol–water partition coefficient (Wildman–Crippen LogP) is 4.50. The molecule has 0 bridgehead atoms. The lowest BCUT2D eigenvalue weighted by Gasteiger charge is -2.25. The summed E-state index contributed by atoms with van der Waals surface area (Å²) in [4.78, 5) is 47.8. The van der Waals surface area contributed by atoms with Crippen molar-refractivity contribution in [3.63, 3.8) is 0 Å². The molecule has 9 nitrogen and oxygen atoms in total. The van der Waals surface area contributed by atoms with Gasteiger partial charge in [-0.25, -0.2) is 0 Å². The van der Waals surface area contributed by atoms with Crippen LogP contribution in [0.2, 0.25) is 0 Å². The van der Waals surface area contributed by atoms with Crippen molar-refractivity contribution in [1.82, 2.24) is 25.5 Å². The Kier molecular flexibility index (Phi) is 7.58. The molecule has 3 atom stereocenters. The fourth-order valence-electron chi connectivity index (χ4n) is 5.86. The number of carbonyl (C=O) groups excluding carboxylic acids is 3. The van der Waals surface area contributed by atoms with Crippen LogP contribution in [-0.2, 0) is 20.2 Å². The second-order valence-corrected chi connectivity index (χ2v) is 10.8. The van der Waals surface area contributed by atoms with Gasteiger partial charge in [0.05, 0.1) is 18.7 Å². The van der Waals surface area contributed by atoms with Crippen LogP contribution in [0.3, 0.4) is 0 Å². The number of amides is 3. The molecule has 1 fully saturated rings. The third kappa shape index (κ3) is 5.39. The molecule has 0 saturated carbocycles. The van der Waals surface area contributed by atoms with Gasteiger partial charge in [0.15, 0.2) is 0 Å². The summed E-state index contributed by atoms with van der Waals surface area (Å²) in [5, 5.41) is 6.11. The number of hydrogen-bond acceptors (Lipinski definition) is 5. The van der Waals surface area contributed by atoms with E-state index in [-0.39, 0.29) is 35.2 Å². The van der Waals surface area contributed by atoms with E-state index in [1.54, 1.807) is 37.5 Å². The van der Waals surface area contributed by atoms with Crippen LogP contribution in [0.4, 0.5) is 17.6 Å². The van der Waals surface area contributed by atoms with Gasteiger partial charge in [-0.2, -0.15) is 17.6 Å². The van der Waals surface area contributed by atoms with E-state index in [2.05, 4.69) is 25.3 Å². The molecule has 3 amide bonds. The van der Waals surface area contributed by atoms with Crippen LogP contribution in [0.25, 0.3) is 22.0 Å². The number of aromatic amines is 1. The van der Waals surface area contributed by atoms with E-state index < -0.39 is 55.0 Å². The Morgan fingerprint density at radius 2 is 1.86 bits per heavy atom. The van der Waals surface area contributed by atoms with Crippen molar-refractivity contribution in [3.05, 3.63) is 89.4 Å². The van der Waals surface area contributed by atoms with Gasteiger partial charge in [-0.15, -0.1) is 0 Å². The summed E-state index contributed by atoms with van der Waals surface area (Å²) in [5.74, 6) is -5.17. The van der Waals surface area contributed by atoms with E-state index in [9.17, 15) is 31.9 Å². The normalized spacial score (nSPS) is 19.1. The Morgan fingerprint density at radius 3 is 2.64 bits per heavy atom. The maximum absolute atomic E-state index is 14.9. The maximum atomic E-state index is 14.9. The third-order valence-corrected chi connectivity index (χ3v) is 8.02. The topological polar surface area (TPSA) is 116 Å². The average molecular weight is 610 g/mol. The monoisotopic (exact) mass is 609 g/mol. The average Bonchev–Trinajstić information content (AvgIpc) is 3.69. The Morgan fingerprint density at radius 1 is 1.09 bits per heavy atom. The number of aromatic nitrogens is 2. The summed E-state index contributed by atoms with van der Waals surface area (Å²) >= 11 is 0. The van der Waals surface area contributed by atoms with Crippen molar-refractivity contribution in [2.45, 2.75) is 44.1 Å². The number of hydrogen-bond donors (Lipinski definition) is 3. The molecule has 0 radical (unpaired) electrons. The second kappa shape index (κ2) is 11.4. The first-order valence-corrected chi connectivity index (χ1v) is 13.9. The molecule has 1 saturated heterocycles. The number of nitrogens with one attached hydrogen (secondary N) is 3. The molecule has 44 heavy (non-hydrogen) atoms. The van der Waals surface area contributed by atoms with Crippen LogP contribution >= 0.6 is 0 Å². The number of likely N-dealkylation sites (tertiary alicyclic amines) is 1. The van der Waals surface area contributed by atoms with Gasteiger partial charge in [0.2, 0.25) is 11.8 Å². The van der Waals surface area contributed by atoms with Crippen molar-refractivity contribution in [1.29, 1.82) is 0 Å². The largest absolute Gasteiger partial charge is 0.357 e. The molecule has 3 heterocycles. The summed E-state index contributed by atoms with van der Waals surface area (Å²) in [7, 11) is 0. The van der Waals surface area contributed by atoms with Crippen LogP contribution < -0.4 is 10.6 Å². The number of halogens is 4. The third-order valence-electron chi connectivity index (χ3n) is 8.02. The van der Waals surface area contributed by atoms with E-state index in [0.717, 1.165) is 15.8 Å². The number of rotatable bonds is 8. The van der Waals surface area contributed by atoms with Gasteiger partial charge < -0.3 is 25.3 Å². The van der Waals surface area contributed by atoms with Gasteiger partial charge in [-0.05, 0) is 42.3 Å². The highest BCUT2D eigenvalue weighted by atomic mass is 19.3. The van der Waals surface area contributed by atoms with E-state index >= 15 is 0 Å². The number of pyridine rings is 1. The summed E-state index contributed by atoms with van der Waals surface area (Å²) in [5.41, 5.74) is 1.70. The zero-order valence-corrected chi connectivity index (χ0v) is 23.3. The Hall–Kier alpha value is -4.78. The SMILES string of the molecule is C[C@@H](NC(=O)[C@@H]1C[C@@H](OC(F)F)CN1C(=O)CNC(=O)c1ccc2c(c1)-c1ccccc1C2(F)F)c1cc2cnccc2[nH]1. The second-order valence-electron chi connectivity index (χ2n) is 10.8. The number of alkyl halides is 4. The first kappa shape index (κ1) is 29.3. The number of H-pyrrole nitrogens is 1. The number of benzene rings is 2. The van der Waals surface area contributed by atoms with Crippen LogP contribution in [0.1, 0.15) is 46.6 Å². The minimum Gasteiger partial charge on any atom is -0.357 e. The number of fused-ring (bicyclic) bond motifs is 4. The predicted molar refractivity (Wildman–Crippen MR) is 151 cm³/mol. The fraction of sp³-hybridized carbons (Fsp3) is 0.290. The summed E-state index contributed by atoms with van der Waals surface area (Å²) in [6.07, 6.45) is 2.02. The minimum absolute atomic E-state index is 0.0565. The summed E-state index contributed by atoms with van der Waals surface area (Å²) < 4.78 is 60.4. The van der Waals surface area contributed by atoms with Crippen molar-refractivity contribution < 1.29 is 36.7 Å². The number of nitrogens with zero attached hydrogens (tertiary/aromatic N) is 2. The van der Waals surface area contributed by atoms with Crippen molar-refractivity contribution in [2.24, 2.45) is 0 Å². The molecule has 3 N–H and O–H groups in total. The van der Waals surface area contributed by atoms with Crippen LogP contribution in [0.15, 0.2) is 67.0 Å². The molecular formula is C31H27F4N5O4. The Labute approximate surface area is 248 Å². The zero-order chi connectivity index (χ0) is 31.2. The van der Waals surface area contributed by atoms with Crippen molar-refractivity contribution in [3.8, 4) is 11.1 Å². The molecule has 2 aromatic carbocycles. The molecule has 1 aliphatic heterocycles. The zero-order valence-electron chi connectivity index (χ0n) is 23.3. The van der Waals surface area contributed by atoms with Crippen molar-refractivity contribution in [2.75, 3.05) is 13.1 Å². The molecule has 6 rings (SSSR count). The molecule has 2 aliphatic rings. The molecule has 0 unspecified atom stereocenters. The molecular weight excluding hydrogens is 582 g/mol. The van der Waals surface area contributed by atoms with Gasteiger partial charge in [-0.1, -0.05) is 30.3 Å². The Bertz CT molecular complexity index is 1730. The van der Waals surface area contributed by atoms with E-state index in [1.165, 1.54) is 30.3 Å². The van der Waals surface area contributed by atoms with E-state index in [4.69, 9.17) is 0 Å². The maximum Gasteiger partial charge on any atom is 0.345 e. The minimum atomic E-state index is -3.21. The highest BCUT2D eigenvalue weighted by Crippen LogP contribution is 2.50. The lowest BCUT2D eigenvalue weighted by atomic mass is 10.0. The Balaban J connectivity index is 1.14. The number of ether oxygens (including phenoxy) is 1. The first-order chi connectivity index (χ1) is 21.0. The quantitative estimate of drug-likeness (QED) is 0.255. The standard InChI is InChI=1S/C31H27F4N5O4/c1-16(25-11-18-13-36-9-8-24(18)39-25)38-29(43)26-12-19(44-30(32)33)15-40(26)27(41)14-37-28(42)17-6-7-23-21(10-17)20-4-2-3-5-22(20)31(23,34)35/h2-11,13,16,19,26,30,39H,12,14-15H2,1H3,(H,37,42)(H,38,43)/t16-,19-,26+/m1/s1. The van der Waals surface area contributed by atoms with Gasteiger partial charge in [0.25, 0.3) is 11.8 Å². The van der Waals surface area contributed by atoms with E-state index in [1.807, 2.05) is 6.07 Å². The highest BCUT2D eigenvalue weighted by molar-refractivity contribution is 5.99. The number of carbonyl (C=O) groups is 3. The van der Waals surface area contributed by atoms with Crippen molar-refractivity contribution >= 4 is 28.6 Å². The van der Waals surface area contributed by atoms with E-state index in [0.29, 0.717) is 11.3 Å².